The molecule has 5 nitrogen and oxygen atoms in total. The summed E-state index contributed by atoms with van der Waals surface area (Å²) >= 11 is 0. The molecule has 1 aliphatic heterocycles. The van der Waals surface area contributed by atoms with Crippen molar-refractivity contribution < 1.29 is 9.53 Å². The summed E-state index contributed by atoms with van der Waals surface area (Å²) in [5.41, 5.74) is 2.08. The van der Waals surface area contributed by atoms with Gasteiger partial charge in [-0.05, 0) is 31.9 Å². The quantitative estimate of drug-likeness (QED) is 0.925. The molecule has 2 heterocycles. The first kappa shape index (κ1) is 13.1. The van der Waals surface area contributed by atoms with Crippen molar-refractivity contribution in [1.29, 1.82) is 0 Å². The summed E-state index contributed by atoms with van der Waals surface area (Å²) in [5.74, 6) is 0.859. The molecule has 0 saturated carbocycles. The number of nitrogens with zero attached hydrogens (tertiary/aromatic N) is 2. The first-order valence-corrected chi connectivity index (χ1v) is 7.13. The number of nitrogens with one attached hydrogen (secondary N) is 1. The average Bonchev–Trinajstić information content (AvgIpc) is 3.11. The second-order valence-corrected chi connectivity index (χ2v) is 4.98. The number of carbonyl (C=O) groups excluding carboxylic acids is 1. The highest BCUT2D eigenvalue weighted by molar-refractivity contribution is 5.81. The van der Waals surface area contributed by atoms with Crippen molar-refractivity contribution in [2.24, 2.45) is 0 Å². The van der Waals surface area contributed by atoms with Crippen molar-refractivity contribution in [1.82, 2.24) is 14.9 Å². The maximum Gasteiger partial charge on any atom is 0.249 e. The predicted molar refractivity (Wildman–Crippen MR) is 76.2 cm³/mol. The zero-order valence-electron chi connectivity index (χ0n) is 11.6. The summed E-state index contributed by atoms with van der Waals surface area (Å²) in [4.78, 5) is 16.5. The number of aromatic nitrogens is 2. The smallest absolute Gasteiger partial charge is 0.249 e. The fraction of sp³-hybridized carbons (Fsp3) is 0.467. The fourth-order valence-corrected chi connectivity index (χ4v) is 2.68. The Bertz CT molecular complexity index is 615. The van der Waals surface area contributed by atoms with Crippen LogP contribution >= 0.6 is 0 Å². The monoisotopic (exact) mass is 273 g/mol. The Balaban J connectivity index is 1.75. The number of hydrogen-bond acceptors (Lipinski definition) is 3. The third-order valence-corrected chi connectivity index (χ3v) is 3.69. The summed E-state index contributed by atoms with van der Waals surface area (Å²) in [7, 11) is 0. The zero-order chi connectivity index (χ0) is 13.9. The van der Waals surface area contributed by atoms with E-state index in [4.69, 9.17) is 4.74 Å². The number of aryl methyl sites for hydroxylation is 1. The Morgan fingerprint density at radius 3 is 3.10 bits per heavy atom. The van der Waals surface area contributed by atoms with E-state index < -0.39 is 0 Å². The highest BCUT2D eigenvalue weighted by Crippen LogP contribution is 2.16. The molecule has 1 aromatic carbocycles. The largest absolute Gasteiger partial charge is 0.368 e. The van der Waals surface area contributed by atoms with Crippen molar-refractivity contribution in [3.05, 3.63) is 30.1 Å². The summed E-state index contributed by atoms with van der Waals surface area (Å²) < 4.78 is 7.51. The van der Waals surface area contributed by atoms with Crippen LogP contribution in [-0.4, -0.2) is 28.2 Å². The highest BCUT2D eigenvalue weighted by atomic mass is 16.5. The Morgan fingerprint density at radius 1 is 1.50 bits per heavy atom. The molecule has 3 rings (SSSR count). The summed E-state index contributed by atoms with van der Waals surface area (Å²) in [6.45, 7) is 4.05. The SMILES string of the molecule is CCn1c(CNC(=O)C2CCCO2)nc2ccccc21. The highest BCUT2D eigenvalue weighted by Gasteiger charge is 2.23. The average molecular weight is 273 g/mol. The maximum atomic E-state index is 12.0. The molecule has 0 radical (unpaired) electrons. The van der Waals surface area contributed by atoms with Gasteiger partial charge >= 0.3 is 0 Å². The Morgan fingerprint density at radius 2 is 2.35 bits per heavy atom. The van der Waals surface area contributed by atoms with Gasteiger partial charge in [0.05, 0.1) is 17.6 Å². The van der Waals surface area contributed by atoms with Gasteiger partial charge in [0.2, 0.25) is 5.91 Å². The summed E-state index contributed by atoms with van der Waals surface area (Å²) in [5, 5.41) is 2.93. The van der Waals surface area contributed by atoms with Gasteiger partial charge in [-0.2, -0.15) is 0 Å². The number of rotatable bonds is 4. The lowest BCUT2D eigenvalue weighted by atomic mass is 10.2. The lowest BCUT2D eigenvalue weighted by Crippen LogP contribution is -2.34. The number of amides is 1. The zero-order valence-corrected chi connectivity index (χ0v) is 11.6. The second-order valence-electron chi connectivity index (χ2n) is 4.98. The van der Waals surface area contributed by atoms with E-state index in [-0.39, 0.29) is 12.0 Å². The molecule has 1 aliphatic rings. The minimum Gasteiger partial charge on any atom is -0.368 e. The Hall–Kier alpha value is -1.88. The lowest BCUT2D eigenvalue weighted by molar-refractivity contribution is -0.130. The third-order valence-electron chi connectivity index (χ3n) is 3.69. The van der Waals surface area contributed by atoms with Gasteiger partial charge in [-0.25, -0.2) is 4.98 Å². The van der Waals surface area contributed by atoms with Crippen molar-refractivity contribution in [3.8, 4) is 0 Å². The maximum absolute atomic E-state index is 12.0. The number of fused-ring (bicyclic) bond motifs is 1. The molecule has 1 saturated heterocycles. The molecule has 20 heavy (non-hydrogen) atoms. The van der Waals surface area contributed by atoms with Crippen LogP contribution in [0.1, 0.15) is 25.6 Å². The van der Waals surface area contributed by atoms with Crippen LogP contribution in [0.15, 0.2) is 24.3 Å². The Kier molecular flexibility index (Phi) is 3.69. The van der Waals surface area contributed by atoms with E-state index in [1.165, 1.54) is 0 Å². The molecule has 106 valence electrons. The third kappa shape index (κ3) is 2.41. The summed E-state index contributed by atoms with van der Waals surface area (Å²) in [6.07, 6.45) is 1.50. The fourth-order valence-electron chi connectivity index (χ4n) is 2.68. The van der Waals surface area contributed by atoms with Crippen molar-refractivity contribution in [2.45, 2.75) is 39.0 Å². The molecule has 0 bridgehead atoms. The van der Waals surface area contributed by atoms with Gasteiger partial charge < -0.3 is 14.6 Å². The van der Waals surface area contributed by atoms with Gasteiger partial charge in [-0.15, -0.1) is 0 Å². The number of benzene rings is 1. The number of imidazole rings is 1. The van der Waals surface area contributed by atoms with Gasteiger partial charge in [0.25, 0.3) is 0 Å². The van der Waals surface area contributed by atoms with E-state index in [0.717, 1.165) is 36.2 Å². The van der Waals surface area contributed by atoms with Gasteiger partial charge in [0, 0.05) is 13.2 Å². The van der Waals surface area contributed by atoms with Crippen LogP contribution in [0, 0.1) is 0 Å². The predicted octanol–water partition coefficient (Wildman–Crippen LogP) is 1.85. The molecular weight excluding hydrogens is 254 g/mol. The van der Waals surface area contributed by atoms with Gasteiger partial charge in [-0.1, -0.05) is 12.1 Å². The first-order valence-electron chi connectivity index (χ1n) is 7.13. The van der Waals surface area contributed by atoms with Crippen LogP contribution in [0.4, 0.5) is 0 Å². The van der Waals surface area contributed by atoms with Crippen molar-refractivity contribution in [3.63, 3.8) is 0 Å². The van der Waals surface area contributed by atoms with E-state index in [1.807, 2.05) is 18.2 Å². The van der Waals surface area contributed by atoms with Crippen molar-refractivity contribution in [2.75, 3.05) is 6.61 Å². The van der Waals surface area contributed by atoms with E-state index >= 15 is 0 Å². The number of ether oxygens (including phenoxy) is 1. The molecule has 5 heteroatoms. The van der Waals surface area contributed by atoms with E-state index in [2.05, 4.69) is 27.9 Å². The molecule has 2 aromatic rings. The topological polar surface area (TPSA) is 56.2 Å². The molecule has 0 aliphatic carbocycles. The molecule has 1 N–H and O–H groups in total. The van der Waals surface area contributed by atoms with Crippen molar-refractivity contribution >= 4 is 16.9 Å². The van der Waals surface area contributed by atoms with Crippen LogP contribution in [0.25, 0.3) is 11.0 Å². The normalized spacial score (nSPS) is 18.6. The molecule has 1 aromatic heterocycles. The summed E-state index contributed by atoms with van der Waals surface area (Å²) in [6, 6.07) is 8.03. The molecule has 1 atom stereocenters. The van der Waals surface area contributed by atoms with Crippen LogP contribution in [-0.2, 0) is 22.6 Å². The minimum absolute atomic E-state index is 0.0304. The molecule has 1 fully saturated rings. The van der Waals surface area contributed by atoms with Gasteiger partial charge in [0.1, 0.15) is 11.9 Å². The van der Waals surface area contributed by atoms with Crippen LogP contribution in [0.3, 0.4) is 0 Å². The van der Waals surface area contributed by atoms with E-state index in [9.17, 15) is 4.79 Å². The minimum atomic E-state index is -0.283. The van der Waals surface area contributed by atoms with E-state index in [0.29, 0.717) is 13.2 Å². The number of hydrogen-bond donors (Lipinski definition) is 1. The first-order chi connectivity index (χ1) is 9.79. The lowest BCUT2D eigenvalue weighted by Gasteiger charge is -2.11. The second kappa shape index (κ2) is 5.63. The molecule has 1 unspecified atom stereocenters. The number of para-hydroxylation sites is 2. The van der Waals surface area contributed by atoms with Gasteiger partial charge in [0.15, 0.2) is 0 Å². The molecular formula is C15H19N3O2. The molecule has 0 spiro atoms. The van der Waals surface area contributed by atoms with Gasteiger partial charge in [-0.3, -0.25) is 4.79 Å². The number of carbonyl (C=O) groups is 1. The standard InChI is InChI=1S/C15H19N3O2/c1-2-18-12-7-4-3-6-11(12)17-14(18)10-16-15(19)13-8-5-9-20-13/h3-4,6-7,13H,2,5,8-10H2,1H3,(H,16,19). The Labute approximate surface area is 117 Å². The molecule has 1 amide bonds. The van der Waals surface area contributed by atoms with Crippen LogP contribution in [0.5, 0.6) is 0 Å². The van der Waals surface area contributed by atoms with Crippen LogP contribution in [0.2, 0.25) is 0 Å². The van der Waals surface area contributed by atoms with Crippen LogP contribution < -0.4 is 5.32 Å². The van der Waals surface area contributed by atoms with E-state index in [1.54, 1.807) is 0 Å².